The van der Waals surface area contributed by atoms with Crippen molar-refractivity contribution in [3.8, 4) is 0 Å². The smallest absolute Gasteiger partial charge is 0.0538 e. The molecule has 1 saturated carbocycles. The molecule has 1 atom stereocenters. The maximum atomic E-state index is 6.02. The van der Waals surface area contributed by atoms with Crippen LogP contribution in [-0.4, -0.2) is 34.3 Å². The van der Waals surface area contributed by atoms with Gasteiger partial charge in [-0.15, -0.1) is 0 Å². The summed E-state index contributed by atoms with van der Waals surface area (Å²) in [6.45, 7) is 8.34. The molecule has 0 amide bonds. The van der Waals surface area contributed by atoms with Crippen molar-refractivity contribution >= 4 is 0 Å². The van der Waals surface area contributed by atoms with Crippen molar-refractivity contribution in [3.05, 3.63) is 18.0 Å². The summed E-state index contributed by atoms with van der Waals surface area (Å²) in [6.07, 6.45) is 9.48. The summed E-state index contributed by atoms with van der Waals surface area (Å²) in [5, 5.41) is 4.44. The van der Waals surface area contributed by atoms with Crippen molar-refractivity contribution in [2.45, 2.75) is 52.1 Å². The van der Waals surface area contributed by atoms with Crippen molar-refractivity contribution in [3.63, 3.8) is 0 Å². The normalized spacial score (nSPS) is 17.7. The van der Waals surface area contributed by atoms with Gasteiger partial charge in [0.1, 0.15) is 0 Å². The molecule has 0 bridgehead atoms. The largest absolute Gasteiger partial charge is 0.329 e. The van der Waals surface area contributed by atoms with Crippen LogP contribution in [0.1, 0.15) is 51.1 Å². The third kappa shape index (κ3) is 3.57. The Morgan fingerprint density at radius 1 is 1.47 bits per heavy atom. The van der Waals surface area contributed by atoms with Crippen LogP contribution in [0.15, 0.2) is 12.4 Å². The molecular formula is C15H28N4. The first-order valence-electron chi connectivity index (χ1n) is 7.74. The van der Waals surface area contributed by atoms with Crippen molar-refractivity contribution in [1.29, 1.82) is 0 Å². The molecule has 4 heteroatoms. The summed E-state index contributed by atoms with van der Waals surface area (Å²) in [4.78, 5) is 2.52. The van der Waals surface area contributed by atoms with Gasteiger partial charge in [0.2, 0.25) is 0 Å². The van der Waals surface area contributed by atoms with Gasteiger partial charge in [0, 0.05) is 31.4 Å². The zero-order chi connectivity index (χ0) is 13.7. The van der Waals surface area contributed by atoms with Crippen LogP contribution in [0, 0.1) is 5.92 Å². The number of hydrogen-bond donors (Lipinski definition) is 1. The third-order valence-electron chi connectivity index (χ3n) is 4.28. The highest BCUT2D eigenvalue weighted by Gasteiger charge is 2.25. The van der Waals surface area contributed by atoms with E-state index in [4.69, 9.17) is 5.73 Å². The maximum absolute atomic E-state index is 6.02. The summed E-state index contributed by atoms with van der Waals surface area (Å²) in [5.74, 6) is 0.889. The van der Waals surface area contributed by atoms with Crippen LogP contribution in [0.25, 0.3) is 0 Å². The van der Waals surface area contributed by atoms with Gasteiger partial charge in [0.25, 0.3) is 0 Å². The molecule has 0 radical (unpaired) electrons. The van der Waals surface area contributed by atoms with Gasteiger partial charge in [-0.2, -0.15) is 5.10 Å². The maximum Gasteiger partial charge on any atom is 0.0538 e. The van der Waals surface area contributed by atoms with Gasteiger partial charge in [-0.05, 0) is 31.7 Å². The van der Waals surface area contributed by atoms with Crippen molar-refractivity contribution < 1.29 is 0 Å². The Balaban J connectivity index is 2.02. The molecule has 0 aliphatic heterocycles. The molecule has 2 N–H and O–H groups in total. The van der Waals surface area contributed by atoms with Crippen LogP contribution in [0.5, 0.6) is 0 Å². The lowest BCUT2D eigenvalue weighted by Crippen LogP contribution is -2.38. The van der Waals surface area contributed by atoms with E-state index >= 15 is 0 Å². The lowest BCUT2D eigenvalue weighted by Gasteiger charge is -2.36. The Morgan fingerprint density at radius 2 is 2.26 bits per heavy atom. The number of aryl methyl sites for hydroxylation is 1. The minimum absolute atomic E-state index is 0.330. The molecule has 2 rings (SSSR count). The number of nitrogens with zero attached hydrogens (tertiary/aromatic N) is 3. The quantitative estimate of drug-likeness (QED) is 0.784. The number of likely N-dealkylation sites (N-methyl/N-ethyl adjacent to an activating group) is 1. The predicted octanol–water partition coefficient (Wildman–Crippen LogP) is 2.41. The fourth-order valence-corrected chi connectivity index (χ4v) is 2.88. The second-order valence-electron chi connectivity index (χ2n) is 5.67. The van der Waals surface area contributed by atoms with Gasteiger partial charge >= 0.3 is 0 Å². The van der Waals surface area contributed by atoms with Gasteiger partial charge in [0.15, 0.2) is 0 Å². The average molecular weight is 264 g/mol. The molecule has 0 saturated heterocycles. The summed E-state index contributed by atoms with van der Waals surface area (Å²) in [5.41, 5.74) is 7.30. The molecule has 1 aromatic heterocycles. The first kappa shape index (κ1) is 14.5. The first-order chi connectivity index (χ1) is 9.28. The minimum atomic E-state index is 0.330. The van der Waals surface area contributed by atoms with Crippen LogP contribution in [0.4, 0.5) is 0 Å². The molecule has 4 nitrogen and oxygen atoms in total. The molecular weight excluding hydrogens is 236 g/mol. The Hall–Kier alpha value is -0.870. The third-order valence-corrected chi connectivity index (χ3v) is 4.28. The van der Waals surface area contributed by atoms with E-state index in [1.807, 2.05) is 10.9 Å². The monoisotopic (exact) mass is 264 g/mol. The Bertz CT molecular complexity index is 370. The highest BCUT2D eigenvalue weighted by molar-refractivity contribution is 5.11. The van der Waals surface area contributed by atoms with E-state index < -0.39 is 0 Å². The molecule has 19 heavy (non-hydrogen) atoms. The standard InChI is InChI=1S/C15H28N4/c1-3-8-19-12-14(10-17-19)15(9-16)18(4-2)11-13-6-5-7-13/h10,12-13,15H,3-9,11,16H2,1-2H3. The molecule has 1 aliphatic carbocycles. The number of aromatic nitrogens is 2. The van der Waals surface area contributed by atoms with Gasteiger partial charge in [0.05, 0.1) is 12.2 Å². The van der Waals surface area contributed by atoms with E-state index in [0.29, 0.717) is 12.6 Å². The van der Waals surface area contributed by atoms with Crippen LogP contribution >= 0.6 is 0 Å². The summed E-state index contributed by atoms with van der Waals surface area (Å²) in [6, 6.07) is 0.330. The zero-order valence-electron chi connectivity index (χ0n) is 12.4. The summed E-state index contributed by atoms with van der Waals surface area (Å²) in [7, 11) is 0. The van der Waals surface area contributed by atoms with Crippen LogP contribution in [0.3, 0.4) is 0 Å². The van der Waals surface area contributed by atoms with Crippen LogP contribution in [-0.2, 0) is 6.54 Å². The first-order valence-corrected chi connectivity index (χ1v) is 7.74. The van der Waals surface area contributed by atoms with E-state index in [0.717, 1.165) is 25.4 Å². The molecule has 1 aromatic rings. The molecule has 1 unspecified atom stereocenters. The number of nitrogens with two attached hydrogens (primary N) is 1. The van der Waals surface area contributed by atoms with Gasteiger partial charge < -0.3 is 5.73 Å². The van der Waals surface area contributed by atoms with E-state index in [2.05, 4.69) is 30.0 Å². The topological polar surface area (TPSA) is 47.1 Å². The lowest BCUT2D eigenvalue weighted by molar-refractivity contribution is 0.141. The highest BCUT2D eigenvalue weighted by atomic mass is 15.3. The Morgan fingerprint density at radius 3 is 2.79 bits per heavy atom. The van der Waals surface area contributed by atoms with Crippen LogP contribution < -0.4 is 5.73 Å². The van der Waals surface area contributed by atoms with Crippen molar-refractivity contribution in [1.82, 2.24) is 14.7 Å². The summed E-state index contributed by atoms with van der Waals surface area (Å²) >= 11 is 0. The number of hydrogen-bond acceptors (Lipinski definition) is 3. The highest BCUT2D eigenvalue weighted by Crippen LogP contribution is 2.30. The average Bonchev–Trinajstić information content (AvgIpc) is 2.81. The van der Waals surface area contributed by atoms with Gasteiger partial charge in [-0.1, -0.05) is 20.3 Å². The fraction of sp³-hybridized carbons (Fsp3) is 0.800. The van der Waals surface area contributed by atoms with Crippen molar-refractivity contribution in [2.24, 2.45) is 11.7 Å². The predicted molar refractivity (Wildman–Crippen MR) is 78.9 cm³/mol. The minimum Gasteiger partial charge on any atom is -0.329 e. The van der Waals surface area contributed by atoms with E-state index in [9.17, 15) is 0 Å². The molecule has 0 spiro atoms. The molecule has 0 aromatic carbocycles. The second-order valence-corrected chi connectivity index (χ2v) is 5.67. The zero-order valence-corrected chi connectivity index (χ0v) is 12.4. The van der Waals surface area contributed by atoms with Gasteiger partial charge in [-0.25, -0.2) is 0 Å². The second kappa shape index (κ2) is 7.06. The van der Waals surface area contributed by atoms with Crippen molar-refractivity contribution in [2.75, 3.05) is 19.6 Å². The van der Waals surface area contributed by atoms with E-state index in [-0.39, 0.29) is 0 Å². The summed E-state index contributed by atoms with van der Waals surface area (Å²) < 4.78 is 2.04. The van der Waals surface area contributed by atoms with Gasteiger partial charge in [-0.3, -0.25) is 9.58 Å². The molecule has 1 heterocycles. The van der Waals surface area contributed by atoms with E-state index in [1.54, 1.807) is 0 Å². The number of rotatable bonds is 8. The fourth-order valence-electron chi connectivity index (χ4n) is 2.88. The van der Waals surface area contributed by atoms with E-state index in [1.165, 1.54) is 31.4 Å². The molecule has 1 fully saturated rings. The Kier molecular flexibility index (Phi) is 5.40. The Labute approximate surface area is 117 Å². The SMILES string of the molecule is CCCn1cc(C(CN)N(CC)CC2CCC2)cn1. The molecule has 108 valence electrons. The molecule has 1 aliphatic rings. The lowest BCUT2D eigenvalue weighted by atomic mass is 9.84. The van der Waals surface area contributed by atoms with Crippen LogP contribution in [0.2, 0.25) is 0 Å².